The van der Waals surface area contributed by atoms with Crippen molar-refractivity contribution in [2.75, 3.05) is 39.2 Å². The number of nitrogens with one attached hydrogen (secondary N) is 1. The number of carbonyl (C=O) groups excluding carboxylic acids is 3. The molecular formula is C44H50N4O7. The number of hydrogen-bond donors (Lipinski definition) is 1. The summed E-state index contributed by atoms with van der Waals surface area (Å²) in [7, 11) is 2.96. The molecule has 4 heterocycles. The van der Waals surface area contributed by atoms with Gasteiger partial charge in [-0.25, -0.2) is 0 Å². The number of anilines is 1. The maximum Gasteiger partial charge on any atom is 0.305 e. The first-order valence-corrected chi connectivity index (χ1v) is 19.2. The first-order valence-electron chi connectivity index (χ1n) is 19.2. The van der Waals surface area contributed by atoms with Gasteiger partial charge in [-0.1, -0.05) is 23.3 Å². The van der Waals surface area contributed by atoms with E-state index in [1.54, 1.807) is 19.2 Å². The van der Waals surface area contributed by atoms with Crippen molar-refractivity contribution < 1.29 is 33.3 Å². The first-order chi connectivity index (χ1) is 26.7. The van der Waals surface area contributed by atoms with Gasteiger partial charge in [0.2, 0.25) is 0 Å². The second-order valence-corrected chi connectivity index (χ2v) is 14.7. The van der Waals surface area contributed by atoms with Crippen LogP contribution in [0.1, 0.15) is 88.9 Å². The highest BCUT2D eigenvalue weighted by Gasteiger charge is 2.36. The average molecular weight is 747 g/mol. The molecule has 1 N–H and O–H groups in total. The molecular weight excluding hydrogens is 697 g/mol. The van der Waals surface area contributed by atoms with Gasteiger partial charge in [0.15, 0.2) is 11.5 Å². The van der Waals surface area contributed by atoms with Crippen molar-refractivity contribution in [3.05, 3.63) is 99.1 Å². The van der Waals surface area contributed by atoms with Crippen LogP contribution in [0.4, 0.5) is 11.4 Å². The van der Waals surface area contributed by atoms with Crippen LogP contribution in [0.15, 0.2) is 70.8 Å². The van der Waals surface area contributed by atoms with Gasteiger partial charge in [0.25, 0.3) is 11.8 Å². The molecule has 11 nitrogen and oxygen atoms in total. The molecule has 0 radical (unpaired) electrons. The second-order valence-electron chi connectivity index (χ2n) is 14.7. The number of ether oxygens (including phenoxy) is 4. The molecule has 0 spiro atoms. The fourth-order valence-electron chi connectivity index (χ4n) is 7.98. The predicted molar refractivity (Wildman–Crippen MR) is 212 cm³/mol. The number of amides is 2. The van der Waals surface area contributed by atoms with Crippen LogP contribution in [0.3, 0.4) is 0 Å². The van der Waals surface area contributed by atoms with E-state index in [9.17, 15) is 14.4 Å². The number of allylic oxidation sites excluding steroid dienone is 2. The predicted octanol–water partition coefficient (Wildman–Crippen LogP) is 7.51. The van der Waals surface area contributed by atoms with Gasteiger partial charge in [-0.3, -0.25) is 19.4 Å². The minimum absolute atomic E-state index is 0.0746. The number of esters is 1. The highest BCUT2D eigenvalue weighted by Crippen LogP contribution is 2.39. The summed E-state index contributed by atoms with van der Waals surface area (Å²) >= 11 is 0. The minimum Gasteiger partial charge on any atom is -0.493 e. The van der Waals surface area contributed by atoms with Gasteiger partial charge in [-0.05, 0) is 112 Å². The third-order valence-corrected chi connectivity index (χ3v) is 11.1. The Kier molecular flexibility index (Phi) is 11.3. The average Bonchev–Trinajstić information content (AvgIpc) is 3.77. The Balaban J connectivity index is 1.09. The molecule has 0 saturated carbocycles. The van der Waals surface area contributed by atoms with Gasteiger partial charge in [-0.2, -0.15) is 0 Å². The van der Waals surface area contributed by atoms with Crippen molar-refractivity contribution in [1.82, 2.24) is 9.80 Å². The van der Waals surface area contributed by atoms with Crippen LogP contribution in [0, 0.1) is 6.92 Å². The van der Waals surface area contributed by atoms with Crippen molar-refractivity contribution in [1.29, 1.82) is 0 Å². The summed E-state index contributed by atoms with van der Waals surface area (Å²) < 4.78 is 23.4. The highest BCUT2D eigenvalue weighted by molar-refractivity contribution is 6.04. The van der Waals surface area contributed by atoms with E-state index in [0.29, 0.717) is 61.8 Å². The third kappa shape index (κ3) is 8.11. The van der Waals surface area contributed by atoms with Gasteiger partial charge in [-0.15, -0.1) is 0 Å². The number of nitrogens with zero attached hydrogens (tertiary/aromatic N) is 3. The van der Waals surface area contributed by atoms with Crippen molar-refractivity contribution in [3.63, 3.8) is 0 Å². The Bertz CT molecular complexity index is 2090. The van der Waals surface area contributed by atoms with E-state index in [0.717, 1.165) is 64.9 Å². The summed E-state index contributed by atoms with van der Waals surface area (Å²) in [6, 6.07) is 13.8. The molecule has 3 aromatic rings. The van der Waals surface area contributed by atoms with E-state index in [4.69, 9.17) is 23.9 Å². The molecule has 4 aliphatic heterocycles. The molecule has 2 atom stereocenters. The SMILES string of the molecule is C/C=C1\C[C@H]2CCc3cc(OCc4cc(COc5cc6c(cc5OC)C(=O)N5C/C(=C/C)C[C@H]5C=N6)cc(NCCCC(=O)OC)c4)c(C)cc3C(=O)N2C1. The van der Waals surface area contributed by atoms with Crippen LogP contribution in [-0.4, -0.2) is 79.7 Å². The lowest BCUT2D eigenvalue weighted by Gasteiger charge is -2.21. The van der Waals surface area contributed by atoms with Gasteiger partial charge >= 0.3 is 5.97 Å². The van der Waals surface area contributed by atoms with Crippen molar-refractivity contribution in [2.45, 2.75) is 84.6 Å². The summed E-state index contributed by atoms with van der Waals surface area (Å²) in [5, 5.41) is 3.44. The number of carbonyl (C=O) groups is 3. The third-order valence-electron chi connectivity index (χ3n) is 11.1. The Morgan fingerprint density at radius 3 is 2.29 bits per heavy atom. The number of aryl methyl sites for hydroxylation is 2. The molecule has 2 fully saturated rings. The Labute approximate surface area is 323 Å². The van der Waals surface area contributed by atoms with Crippen LogP contribution in [0.25, 0.3) is 0 Å². The Morgan fingerprint density at radius 2 is 1.56 bits per heavy atom. The fraction of sp³-hybridized carbons (Fsp3) is 0.409. The minimum atomic E-state index is -0.248. The molecule has 0 aliphatic carbocycles. The van der Waals surface area contributed by atoms with Crippen molar-refractivity contribution in [3.8, 4) is 17.2 Å². The quantitative estimate of drug-likeness (QED) is 0.115. The number of hydrogen-bond acceptors (Lipinski definition) is 9. The zero-order chi connectivity index (χ0) is 38.6. The van der Waals surface area contributed by atoms with Crippen LogP contribution in [-0.2, 0) is 29.2 Å². The standard InChI is InChI=1S/C44H50N4O7/c1-6-28-17-34-11-10-32-19-39(27(3)13-36(32)43(50)47(34)23-28)54-25-30-14-31(16-33(15-30)45-12-8-9-42(49)53-5)26-55-41-21-38-37(20-40(41)52-4)44(51)48-24-29(7-2)18-35(48)22-46-38/h6-7,13-16,19-22,34-35,45H,8-12,17-18,23-26H2,1-5H3/b28-6+,29-7+/t34-,35+/m1/s1. The topological polar surface area (TPSA) is 119 Å². The number of benzene rings is 3. The van der Waals surface area contributed by atoms with Crippen molar-refractivity contribution >= 4 is 35.4 Å². The Morgan fingerprint density at radius 1 is 0.855 bits per heavy atom. The van der Waals surface area contributed by atoms with Gasteiger partial charge in [0, 0.05) is 55.6 Å². The number of methoxy groups -OCH3 is 2. The molecule has 0 bridgehead atoms. The lowest BCUT2D eigenvalue weighted by molar-refractivity contribution is -0.140. The van der Waals surface area contributed by atoms with Crippen LogP contribution >= 0.6 is 0 Å². The van der Waals surface area contributed by atoms with E-state index >= 15 is 0 Å². The molecule has 11 heteroatoms. The number of rotatable bonds is 12. The summed E-state index contributed by atoms with van der Waals surface area (Å²) in [6.45, 7) is 8.42. The number of aliphatic imine (C=N–C) groups is 1. The normalized spacial score (nSPS) is 20.1. The first kappa shape index (κ1) is 37.7. The van der Waals surface area contributed by atoms with Crippen LogP contribution in [0.5, 0.6) is 17.2 Å². The van der Waals surface area contributed by atoms with Gasteiger partial charge < -0.3 is 34.1 Å². The molecule has 4 aliphatic rings. The zero-order valence-corrected chi connectivity index (χ0v) is 32.4. The largest absolute Gasteiger partial charge is 0.493 e. The lowest BCUT2D eigenvalue weighted by atomic mass is 9.98. The summed E-state index contributed by atoms with van der Waals surface area (Å²) in [5.74, 6) is 1.47. The van der Waals surface area contributed by atoms with Crippen LogP contribution in [0.2, 0.25) is 0 Å². The number of fused-ring (bicyclic) bond motifs is 4. The summed E-state index contributed by atoms with van der Waals surface area (Å²) in [5.41, 5.74) is 8.97. The highest BCUT2D eigenvalue weighted by atomic mass is 16.5. The fourth-order valence-corrected chi connectivity index (χ4v) is 7.98. The molecule has 3 aromatic carbocycles. The van der Waals surface area contributed by atoms with E-state index in [-0.39, 0.29) is 36.5 Å². The van der Waals surface area contributed by atoms with Gasteiger partial charge in [0.1, 0.15) is 19.0 Å². The van der Waals surface area contributed by atoms with Crippen molar-refractivity contribution in [2.24, 2.45) is 4.99 Å². The molecule has 55 heavy (non-hydrogen) atoms. The molecule has 7 rings (SSSR count). The maximum absolute atomic E-state index is 13.6. The van der Waals surface area contributed by atoms with E-state index in [1.165, 1.54) is 18.3 Å². The lowest BCUT2D eigenvalue weighted by Crippen LogP contribution is -2.35. The Hall–Kier alpha value is -5.58. The smallest absolute Gasteiger partial charge is 0.305 e. The van der Waals surface area contributed by atoms with Crippen LogP contribution < -0.4 is 19.5 Å². The molecule has 0 aromatic heterocycles. The van der Waals surface area contributed by atoms with E-state index < -0.39 is 0 Å². The second kappa shape index (κ2) is 16.4. The van der Waals surface area contributed by atoms with E-state index in [1.807, 2.05) is 60.2 Å². The molecule has 2 saturated heterocycles. The monoisotopic (exact) mass is 746 g/mol. The molecule has 0 unspecified atom stereocenters. The molecule has 288 valence electrons. The zero-order valence-electron chi connectivity index (χ0n) is 32.4. The molecule has 2 amide bonds. The maximum atomic E-state index is 13.6. The van der Waals surface area contributed by atoms with E-state index in [2.05, 4.69) is 24.4 Å². The summed E-state index contributed by atoms with van der Waals surface area (Å²) in [6.07, 6.45) is 10.5. The summed E-state index contributed by atoms with van der Waals surface area (Å²) in [4.78, 5) is 47.5. The van der Waals surface area contributed by atoms with Gasteiger partial charge in [0.05, 0.1) is 31.5 Å².